The lowest BCUT2D eigenvalue weighted by Crippen LogP contribution is -2.26. The Morgan fingerprint density at radius 1 is 1.32 bits per heavy atom. The van der Waals surface area contributed by atoms with E-state index >= 15 is 0 Å². The molecule has 0 saturated carbocycles. The van der Waals surface area contributed by atoms with Crippen LogP contribution in [0.1, 0.15) is 24.0 Å². The molecule has 0 radical (unpaired) electrons. The van der Waals surface area contributed by atoms with Gasteiger partial charge >= 0.3 is 0 Å². The Bertz CT molecular complexity index is 702. The summed E-state index contributed by atoms with van der Waals surface area (Å²) < 4.78 is 26.3. The van der Waals surface area contributed by atoms with Crippen LogP contribution in [0, 0.1) is 5.82 Å². The molecule has 1 saturated heterocycles. The van der Waals surface area contributed by atoms with Gasteiger partial charge in [-0.15, -0.1) is 0 Å². The Kier molecular flexibility index (Phi) is 6.70. The van der Waals surface area contributed by atoms with Crippen LogP contribution in [0.3, 0.4) is 0 Å². The van der Waals surface area contributed by atoms with E-state index in [1.165, 1.54) is 6.07 Å². The van der Waals surface area contributed by atoms with E-state index in [1.807, 2.05) is 18.2 Å². The molecule has 1 fully saturated rings. The first-order valence-electron chi connectivity index (χ1n) is 8.30. The number of hydrogen-bond acceptors (Lipinski definition) is 3. The number of ether oxygens (including phenoxy) is 2. The van der Waals surface area contributed by atoms with E-state index in [4.69, 9.17) is 21.1 Å². The maximum atomic E-state index is 13.9. The van der Waals surface area contributed by atoms with Gasteiger partial charge in [-0.1, -0.05) is 33.6 Å². The van der Waals surface area contributed by atoms with Crippen LogP contribution in [0.4, 0.5) is 4.39 Å². The minimum atomic E-state index is -0.359. The molecule has 6 heteroatoms. The molecule has 1 atom stereocenters. The van der Waals surface area contributed by atoms with Crippen LogP contribution in [-0.4, -0.2) is 19.3 Å². The molecular formula is C19H20BrClFNO2. The number of halogens is 3. The molecule has 1 heterocycles. The topological polar surface area (TPSA) is 30.5 Å². The Balaban J connectivity index is 1.64. The third-order valence-electron chi connectivity index (χ3n) is 4.17. The minimum Gasteiger partial charge on any atom is -0.488 e. The van der Waals surface area contributed by atoms with Crippen molar-refractivity contribution in [3.63, 3.8) is 0 Å². The monoisotopic (exact) mass is 427 g/mol. The molecule has 0 spiro atoms. The molecule has 3 nitrogen and oxygen atoms in total. The number of benzene rings is 2. The van der Waals surface area contributed by atoms with Crippen LogP contribution in [0.25, 0.3) is 0 Å². The highest BCUT2D eigenvalue weighted by molar-refractivity contribution is 9.10. The van der Waals surface area contributed by atoms with Crippen molar-refractivity contribution in [2.24, 2.45) is 0 Å². The van der Waals surface area contributed by atoms with Gasteiger partial charge in [0.2, 0.25) is 0 Å². The van der Waals surface area contributed by atoms with Crippen LogP contribution >= 0.6 is 27.5 Å². The van der Waals surface area contributed by atoms with Gasteiger partial charge in [0.25, 0.3) is 0 Å². The molecule has 0 amide bonds. The standard InChI is InChI=1S/C19H20BrClFNO2/c20-14-6-7-19(25-12-16-17(21)4-1-5-18(16)22)13(9-14)10-23-11-15-3-2-8-24-15/h1,4-7,9,15,23H,2-3,8,10-12H2. The van der Waals surface area contributed by atoms with E-state index in [1.54, 1.807) is 12.1 Å². The maximum absolute atomic E-state index is 13.9. The summed E-state index contributed by atoms with van der Waals surface area (Å²) in [7, 11) is 0. The van der Waals surface area contributed by atoms with Gasteiger partial charge in [-0.25, -0.2) is 4.39 Å². The van der Waals surface area contributed by atoms with Gasteiger partial charge in [-0.05, 0) is 43.2 Å². The molecule has 1 aliphatic heterocycles. The predicted octanol–water partition coefficient (Wildman–Crippen LogP) is 5.09. The number of nitrogens with one attached hydrogen (secondary N) is 1. The zero-order valence-corrected chi connectivity index (χ0v) is 16.1. The molecular weight excluding hydrogens is 409 g/mol. The summed E-state index contributed by atoms with van der Waals surface area (Å²) in [5.41, 5.74) is 1.37. The Morgan fingerprint density at radius 2 is 2.20 bits per heavy atom. The Labute approximate surface area is 160 Å². The van der Waals surface area contributed by atoms with E-state index in [2.05, 4.69) is 21.2 Å². The minimum absolute atomic E-state index is 0.0892. The van der Waals surface area contributed by atoms with E-state index < -0.39 is 0 Å². The highest BCUT2D eigenvalue weighted by atomic mass is 79.9. The average molecular weight is 429 g/mol. The van der Waals surface area contributed by atoms with Gasteiger partial charge in [0.15, 0.2) is 0 Å². The molecule has 2 aromatic carbocycles. The van der Waals surface area contributed by atoms with Gasteiger partial charge in [-0.2, -0.15) is 0 Å². The zero-order chi connectivity index (χ0) is 17.6. The molecule has 1 unspecified atom stereocenters. The normalized spacial score (nSPS) is 17.0. The zero-order valence-electron chi connectivity index (χ0n) is 13.7. The van der Waals surface area contributed by atoms with Crippen LogP contribution in [0.5, 0.6) is 5.75 Å². The quantitative estimate of drug-likeness (QED) is 0.666. The molecule has 1 aliphatic rings. The van der Waals surface area contributed by atoms with Crippen LogP contribution in [0.15, 0.2) is 40.9 Å². The van der Waals surface area contributed by atoms with Crippen molar-refractivity contribution in [1.82, 2.24) is 5.32 Å². The summed E-state index contributed by atoms with van der Waals surface area (Å²) in [6, 6.07) is 10.4. The van der Waals surface area contributed by atoms with Crippen molar-refractivity contribution in [3.8, 4) is 5.75 Å². The molecule has 0 aromatic heterocycles. The van der Waals surface area contributed by atoms with Crippen LogP contribution in [-0.2, 0) is 17.9 Å². The first-order valence-corrected chi connectivity index (χ1v) is 9.47. The van der Waals surface area contributed by atoms with Crippen molar-refractivity contribution in [2.45, 2.75) is 32.1 Å². The second-order valence-corrected chi connectivity index (χ2v) is 7.33. The number of hydrogen-bond donors (Lipinski definition) is 1. The van der Waals surface area contributed by atoms with Crippen molar-refractivity contribution in [2.75, 3.05) is 13.2 Å². The summed E-state index contributed by atoms with van der Waals surface area (Å²) in [5.74, 6) is 0.352. The van der Waals surface area contributed by atoms with E-state index in [-0.39, 0.29) is 18.5 Å². The fraction of sp³-hybridized carbons (Fsp3) is 0.368. The van der Waals surface area contributed by atoms with Gasteiger partial charge in [0.1, 0.15) is 18.2 Å². The van der Waals surface area contributed by atoms with E-state index in [0.29, 0.717) is 22.9 Å². The predicted molar refractivity (Wildman–Crippen MR) is 101 cm³/mol. The second kappa shape index (κ2) is 8.99. The summed E-state index contributed by atoms with van der Waals surface area (Å²) >= 11 is 9.55. The lowest BCUT2D eigenvalue weighted by molar-refractivity contribution is 0.110. The summed E-state index contributed by atoms with van der Waals surface area (Å²) in [5, 5.41) is 3.78. The Morgan fingerprint density at radius 3 is 2.96 bits per heavy atom. The molecule has 134 valence electrons. The third-order valence-corrected chi connectivity index (χ3v) is 5.02. The maximum Gasteiger partial charge on any atom is 0.131 e. The van der Waals surface area contributed by atoms with Crippen molar-refractivity contribution in [1.29, 1.82) is 0 Å². The third kappa shape index (κ3) is 5.17. The number of rotatable bonds is 7. The second-order valence-electron chi connectivity index (χ2n) is 6.01. The smallest absolute Gasteiger partial charge is 0.131 e. The molecule has 25 heavy (non-hydrogen) atoms. The highest BCUT2D eigenvalue weighted by Gasteiger charge is 2.15. The van der Waals surface area contributed by atoms with Crippen LogP contribution < -0.4 is 10.1 Å². The fourth-order valence-electron chi connectivity index (χ4n) is 2.82. The van der Waals surface area contributed by atoms with E-state index in [9.17, 15) is 4.39 Å². The lowest BCUT2D eigenvalue weighted by atomic mass is 10.2. The lowest BCUT2D eigenvalue weighted by Gasteiger charge is -2.15. The molecule has 0 bridgehead atoms. The Hall–Kier alpha value is -1.14. The van der Waals surface area contributed by atoms with Crippen molar-refractivity contribution >= 4 is 27.5 Å². The molecule has 3 rings (SSSR count). The summed E-state index contributed by atoms with van der Waals surface area (Å²) in [4.78, 5) is 0. The first-order chi connectivity index (χ1) is 12.1. The van der Waals surface area contributed by atoms with Gasteiger partial charge in [0.05, 0.1) is 11.1 Å². The highest BCUT2D eigenvalue weighted by Crippen LogP contribution is 2.26. The molecule has 1 N–H and O–H groups in total. The largest absolute Gasteiger partial charge is 0.488 e. The summed E-state index contributed by atoms with van der Waals surface area (Å²) in [6.45, 7) is 2.40. The van der Waals surface area contributed by atoms with Gasteiger partial charge in [-0.3, -0.25) is 0 Å². The van der Waals surface area contributed by atoms with E-state index in [0.717, 1.165) is 36.0 Å². The van der Waals surface area contributed by atoms with Crippen molar-refractivity contribution in [3.05, 3.63) is 62.8 Å². The SMILES string of the molecule is Fc1cccc(Cl)c1COc1ccc(Br)cc1CNCC1CCCO1. The average Bonchev–Trinajstić information content (AvgIpc) is 3.09. The first kappa shape index (κ1) is 18.6. The molecule has 0 aliphatic carbocycles. The van der Waals surface area contributed by atoms with Crippen molar-refractivity contribution < 1.29 is 13.9 Å². The summed E-state index contributed by atoms with van der Waals surface area (Å²) in [6.07, 6.45) is 2.51. The fourth-order valence-corrected chi connectivity index (χ4v) is 3.45. The molecule has 2 aromatic rings. The van der Waals surface area contributed by atoms with Gasteiger partial charge < -0.3 is 14.8 Å². The van der Waals surface area contributed by atoms with Gasteiger partial charge in [0, 0.05) is 35.3 Å². The van der Waals surface area contributed by atoms with Crippen LogP contribution in [0.2, 0.25) is 5.02 Å².